The molecule has 1 heterocycles. The number of hydrogen-bond acceptors (Lipinski definition) is 3. The number of aromatic hydroxyl groups is 1. The Morgan fingerprint density at radius 2 is 2.45 bits per heavy atom. The summed E-state index contributed by atoms with van der Waals surface area (Å²) >= 11 is 0. The van der Waals surface area contributed by atoms with Gasteiger partial charge in [0.15, 0.2) is 11.6 Å². The molecule has 1 aromatic heterocycles. The SMILES string of the molecule is C/C(N)=N/c1ncccc1O. The molecule has 0 fully saturated rings. The summed E-state index contributed by atoms with van der Waals surface area (Å²) in [5.74, 6) is 0.670. The highest BCUT2D eigenvalue weighted by molar-refractivity contribution is 5.80. The van der Waals surface area contributed by atoms with Gasteiger partial charge in [0, 0.05) is 6.20 Å². The minimum atomic E-state index is 0.0392. The number of aliphatic imine (C=N–C) groups is 1. The molecule has 3 N–H and O–H groups in total. The summed E-state index contributed by atoms with van der Waals surface area (Å²) < 4.78 is 0. The van der Waals surface area contributed by atoms with E-state index in [1.54, 1.807) is 19.2 Å². The van der Waals surface area contributed by atoms with Gasteiger partial charge in [0.2, 0.25) is 0 Å². The van der Waals surface area contributed by atoms with Gasteiger partial charge in [0.05, 0.1) is 5.84 Å². The van der Waals surface area contributed by atoms with Gasteiger partial charge >= 0.3 is 0 Å². The van der Waals surface area contributed by atoms with Crippen molar-refractivity contribution in [1.29, 1.82) is 0 Å². The van der Waals surface area contributed by atoms with Gasteiger partial charge in [-0.25, -0.2) is 9.98 Å². The summed E-state index contributed by atoms with van der Waals surface area (Å²) in [4.78, 5) is 7.59. The topological polar surface area (TPSA) is 71.5 Å². The molecule has 0 aliphatic heterocycles. The second-order valence-corrected chi connectivity index (χ2v) is 2.10. The molecule has 0 bridgehead atoms. The van der Waals surface area contributed by atoms with Crippen molar-refractivity contribution in [3.8, 4) is 5.75 Å². The van der Waals surface area contributed by atoms with Gasteiger partial charge in [-0.05, 0) is 19.1 Å². The molecule has 1 aromatic rings. The Kier molecular flexibility index (Phi) is 2.06. The molecular weight excluding hydrogens is 142 g/mol. The van der Waals surface area contributed by atoms with Crippen LogP contribution < -0.4 is 5.73 Å². The molecule has 4 nitrogen and oxygen atoms in total. The predicted octanol–water partition coefficient (Wildman–Crippen LogP) is 0.796. The lowest BCUT2D eigenvalue weighted by atomic mass is 10.4. The lowest BCUT2D eigenvalue weighted by Gasteiger charge is -1.95. The molecule has 58 valence electrons. The first-order valence-corrected chi connectivity index (χ1v) is 3.15. The van der Waals surface area contributed by atoms with E-state index in [4.69, 9.17) is 10.8 Å². The van der Waals surface area contributed by atoms with E-state index in [1.807, 2.05) is 0 Å². The Balaban J connectivity index is 3.04. The number of hydrogen-bond donors (Lipinski definition) is 2. The van der Waals surface area contributed by atoms with Crippen LogP contribution in [0.1, 0.15) is 6.92 Å². The van der Waals surface area contributed by atoms with E-state index in [0.717, 1.165) is 0 Å². The lowest BCUT2D eigenvalue weighted by molar-refractivity contribution is 0.474. The summed E-state index contributed by atoms with van der Waals surface area (Å²) in [7, 11) is 0. The molecule has 0 aliphatic rings. The number of rotatable bonds is 1. The number of nitrogens with zero attached hydrogens (tertiary/aromatic N) is 2. The van der Waals surface area contributed by atoms with Crippen LogP contribution >= 0.6 is 0 Å². The molecule has 0 saturated heterocycles. The molecule has 0 spiro atoms. The van der Waals surface area contributed by atoms with Crippen molar-refractivity contribution in [3.05, 3.63) is 18.3 Å². The maximum Gasteiger partial charge on any atom is 0.196 e. The minimum absolute atomic E-state index is 0.0392. The van der Waals surface area contributed by atoms with Crippen molar-refractivity contribution in [3.63, 3.8) is 0 Å². The molecule has 0 radical (unpaired) electrons. The summed E-state index contributed by atoms with van der Waals surface area (Å²) in [6, 6.07) is 3.13. The fraction of sp³-hybridized carbons (Fsp3) is 0.143. The van der Waals surface area contributed by atoms with E-state index in [1.165, 1.54) is 6.07 Å². The third-order valence-corrected chi connectivity index (χ3v) is 1.05. The van der Waals surface area contributed by atoms with E-state index in [2.05, 4.69) is 9.98 Å². The zero-order chi connectivity index (χ0) is 8.27. The zero-order valence-corrected chi connectivity index (χ0v) is 6.15. The number of nitrogens with two attached hydrogens (primary N) is 1. The molecular formula is C7H9N3O. The first-order chi connectivity index (χ1) is 5.20. The van der Waals surface area contributed by atoms with Crippen molar-refractivity contribution in [1.82, 2.24) is 4.98 Å². The monoisotopic (exact) mass is 151 g/mol. The fourth-order valence-electron chi connectivity index (χ4n) is 0.642. The molecule has 0 saturated carbocycles. The highest BCUT2D eigenvalue weighted by Gasteiger charge is 1.96. The number of amidine groups is 1. The van der Waals surface area contributed by atoms with E-state index in [0.29, 0.717) is 5.84 Å². The first kappa shape index (κ1) is 7.53. The van der Waals surface area contributed by atoms with Crippen LogP contribution in [0.4, 0.5) is 5.82 Å². The van der Waals surface area contributed by atoms with E-state index >= 15 is 0 Å². The summed E-state index contributed by atoms with van der Waals surface area (Å²) in [6.45, 7) is 1.63. The second kappa shape index (κ2) is 3.01. The van der Waals surface area contributed by atoms with Crippen molar-refractivity contribution < 1.29 is 5.11 Å². The molecule has 0 unspecified atom stereocenters. The minimum Gasteiger partial charge on any atom is -0.504 e. The number of aromatic nitrogens is 1. The quantitative estimate of drug-likeness (QED) is 0.460. The molecule has 0 amide bonds. The maximum atomic E-state index is 9.13. The molecule has 0 aromatic carbocycles. The van der Waals surface area contributed by atoms with E-state index < -0.39 is 0 Å². The highest BCUT2D eigenvalue weighted by Crippen LogP contribution is 2.21. The Hall–Kier alpha value is -1.58. The van der Waals surface area contributed by atoms with Crippen molar-refractivity contribution >= 4 is 11.7 Å². The average Bonchev–Trinajstić information content (AvgIpc) is 1.93. The molecule has 0 aliphatic carbocycles. The summed E-state index contributed by atoms with van der Waals surface area (Å²) in [6.07, 6.45) is 1.54. The summed E-state index contributed by atoms with van der Waals surface area (Å²) in [5, 5.41) is 9.13. The van der Waals surface area contributed by atoms with E-state index in [9.17, 15) is 0 Å². The second-order valence-electron chi connectivity index (χ2n) is 2.10. The van der Waals surface area contributed by atoms with Crippen molar-refractivity contribution in [2.24, 2.45) is 10.7 Å². The van der Waals surface area contributed by atoms with Gasteiger partial charge in [-0.2, -0.15) is 0 Å². The molecule has 1 rings (SSSR count). The van der Waals surface area contributed by atoms with Crippen molar-refractivity contribution in [2.75, 3.05) is 0 Å². The van der Waals surface area contributed by atoms with Crippen molar-refractivity contribution in [2.45, 2.75) is 6.92 Å². The smallest absolute Gasteiger partial charge is 0.196 e. The molecule has 4 heteroatoms. The van der Waals surface area contributed by atoms with Crippen LogP contribution in [0.5, 0.6) is 5.75 Å². The van der Waals surface area contributed by atoms with E-state index in [-0.39, 0.29) is 11.6 Å². The zero-order valence-electron chi connectivity index (χ0n) is 6.15. The van der Waals surface area contributed by atoms with Gasteiger partial charge in [-0.1, -0.05) is 0 Å². The first-order valence-electron chi connectivity index (χ1n) is 3.15. The third-order valence-electron chi connectivity index (χ3n) is 1.05. The normalized spacial score (nSPS) is 11.5. The molecule has 11 heavy (non-hydrogen) atoms. The van der Waals surface area contributed by atoms with Crippen LogP contribution in [0, 0.1) is 0 Å². The highest BCUT2D eigenvalue weighted by atomic mass is 16.3. The number of pyridine rings is 1. The van der Waals surface area contributed by atoms with Gasteiger partial charge in [0.25, 0.3) is 0 Å². The fourth-order valence-corrected chi connectivity index (χ4v) is 0.642. The van der Waals surface area contributed by atoms with Gasteiger partial charge in [-0.15, -0.1) is 0 Å². The Morgan fingerprint density at radius 1 is 1.73 bits per heavy atom. The molecule has 0 atom stereocenters. The standard InChI is InChI=1S/C7H9N3O/c1-5(8)10-7-6(11)3-2-4-9-7/h2-4,11H,1H3,(H2,8,9,10). The van der Waals surface area contributed by atoms with Crippen LogP contribution in [0.3, 0.4) is 0 Å². The average molecular weight is 151 g/mol. The third kappa shape index (κ3) is 1.93. The largest absolute Gasteiger partial charge is 0.504 e. The Morgan fingerprint density at radius 3 is 3.00 bits per heavy atom. The maximum absolute atomic E-state index is 9.13. The Labute approximate surface area is 64.4 Å². The summed E-state index contributed by atoms with van der Waals surface area (Å²) in [5.41, 5.74) is 5.29. The van der Waals surface area contributed by atoms with Gasteiger partial charge < -0.3 is 10.8 Å². The van der Waals surface area contributed by atoms with Crippen LogP contribution in [0.2, 0.25) is 0 Å². The van der Waals surface area contributed by atoms with Gasteiger partial charge in [-0.3, -0.25) is 0 Å². The van der Waals surface area contributed by atoms with Crippen LogP contribution in [0.25, 0.3) is 0 Å². The predicted molar refractivity (Wildman–Crippen MR) is 42.9 cm³/mol. The van der Waals surface area contributed by atoms with Crippen LogP contribution in [0.15, 0.2) is 23.3 Å². The van der Waals surface area contributed by atoms with Gasteiger partial charge in [0.1, 0.15) is 0 Å². The van der Waals surface area contributed by atoms with Crippen LogP contribution in [-0.2, 0) is 0 Å². The Bertz CT molecular complexity index is 279. The van der Waals surface area contributed by atoms with Crippen LogP contribution in [-0.4, -0.2) is 15.9 Å². The lowest BCUT2D eigenvalue weighted by Crippen LogP contribution is -2.04.